The number of sulfonamides is 1. The SMILES string of the molecule is C=C/C=C\C=C(/C=C)S(=O)(=O)NC1COCC(N2C(C=C)=C(C)CCC(C=C)=C2/C=C\C)C1O. The Bertz CT molecular complexity index is 1060. The maximum absolute atomic E-state index is 13.0. The fourth-order valence-corrected chi connectivity index (χ4v) is 5.35. The lowest BCUT2D eigenvalue weighted by Gasteiger charge is -2.43. The molecule has 0 aromatic heterocycles. The van der Waals surface area contributed by atoms with Gasteiger partial charge in [0.15, 0.2) is 0 Å². The summed E-state index contributed by atoms with van der Waals surface area (Å²) in [6.07, 6.45) is 15.5. The third kappa shape index (κ3) is 6.24. The van der Waals surface area contributed by atoms with Crippen LogP contribution in [-0.4, -0.2) is 49.8 Å². The smallest absolute Gasteiger partial charge is 0.240 e. The Morgan fingerprint density at radius 2 is 1.85 bits per heavy atom. The third-order valence-corrected chi connectivity index (χ3v) is 7.41. The lowest BCUT2D eigenvalue weighted by molar-refractivity contribution is -0.0600. The molecule has 6 nitrogen and oxygen atoms in total. The van der Waals surface area contributed by atoms with Crippen LogP contribution in [0, 0.1) is 0 Å². The minimum atomic E-state index is -3.94. The monoisotopic (exact) mass is 484 g/mol. The van der Waals surface area contributed by atoms with Gasteiger partial charge in [0, 0.05) is 11.4 Å². The van der Waals surface area contributed by atoms with E-state index in [9.17, 15) is 13.5 Å². The van der Waals surface area contributed by atoms with Crippen LogP contribution in [0.1, 0.15) is 26.7 Å². The topological polar surface area (TPSA) is 78.9 Å². The lowest BCUT2D eigenvalue weighted by atomic mass is 9.98. The number of hydrogen-bond acceptors (Lipinski definition) is 5. The molecule has 0 amide bonds. The van der Waals surface area contributed by atoms with Gasteiger partial charge in [0.1, 0.15) is 0 Å². The minimum Gasteiger partial charge on any atom is -0.389 e. The highest BCUT2D eigenvalue weighted by Gasteiger charge is 2.41. The molecule has 0 aromatic rings. The molecule has 0 aliphatic carbocycles. The predicted molar refractivity (Wildman–Crippen MR) is 140 cm³/mol. The molecule has 3 unspecified atom stereocenters. The molecule has 2 aliphatic rings. The second kappa shape index (κ2) is 12.7. The van der Waals surface area contributed by atoms with E-state index in [1.165, 1.54) is 12.2 Å². The van der Waals surface area contributed by atoms with Gasteiger partial charge in [0.05, 0.1) is 36.3 Å². The summed E-state index contributed by atoms with van der Waals surface area (Å²) in [5.74, 6) is 0. The molecule has 3 atom stereocenters. The van der Waals surface area contributed by atoms with E-state index in [4.69, 9.17) is 4.74 Å². The van der Waals surface area contributed by atoms with E-state index in [0.29, 0.717) is 0 Å². The zero-order chi connectivity index (χ0) is 25.3. The summed E-state index contributed by atoms with van der Waals surface area (Å²) in [6, 6.07) is -1.40. The van der Waals surface area contributed by atoms with Crippen molar-refractivity contribution >= 4 is 10.0 Å². The highest BCUT2D eigenvalue weighted by Crippen LogP contribution is 2.35. The Morgan fingerprint density at radius 3 is 2.44 bits per heavy atom. The molecule has 2 N–H and O–H groups in total. The van der Waals surface area contributed by atoms with E-state index in [2.05, 4.69) is 31.0 Å². The number of ether oxygens (including phenoxy) is 1. The van der Waals surface area contributed by atoms with Gasteiger partial charge in [-0.2, -0.15) is 0 Å². The number of aliphatic hydroxyl groups excluding tert-OH is 1. The number of hydrogen-bond donors (Lipinski definition) is 2. The first kappa shape index (κ1) is 27.5. The Morgan fingerprint density at radius 1 is 1.12 bits per heavy atom. The van der Waals surface area contributed by atoms with Crippen LogP contribution >= 0.6 is 0 Å². The van der Waals surface area contributed by atoms with Gasteiger partial charge in [-0.1, -0.05) is 56.7 Å². The van der Waals surface area contributed by atoms with Gasteiger partial charge >= 0.3 is 0 Å². The van der Waals surface area contributed by atoms with E-state index < -0.39 is 28.2 Å². The van der Waals surface area contributed by atoms with E-state index in [1.54, 1.807) is 24.3 Å². The van der Waals surface area contributed by atoms with Crippen molar-refractivity contribution in [3.8, 4) is 0 Å². The van der Waals surface area contributed by atoms with Crippen molar-refractivity contribution in [1.82, 2.24) is 9.62 Å². The Hall–Kier alpha value is -2.71. The first-order chi connectivity index (χ1) is 16.2. The Balaban J connectivity index is 2.48. The van der Waals surface area contributed by atoms with Gasteiger partial charge in [0.25, 0.3) is 0 Å². The van der Waals surface area contributed by atoms with Crippen molar-refractivity contribution in [1.29, 1.82) is 0 Å². The summed E-state index contributed by atoms with van der Waals surface area (Å²) in [6.45, 7) is 19.4. The number of aliphatic hydroxyl groups is 1. The second-order valence-corrected chi connectivity index (χ2v) is 9.79. The predicted octanol–water partition coefficient (Wildman–Crippen LogP) is 4.42. The molecule has 0 aromatic carbocycles. The summed E-state index contributed by atoms with van der Waals surface area (Å²) < 4.78 is 34.4. The van der Waals surface area contributed by atoms with Crippen molar-refractivity contribution in [2.24, 2.45) is 0 Å². The number of nitrogens with one attached hydrogen (secondary N) is 1. The second-order valence-electron chi connectivity index (χ2n) is 8.07. The highest BCUT2D eigenvalue weighted by molar-refractivity contribution is 7.93. The molecule has 0 saturated carbocycles. The van der Waals surface area contributed by atoms with E-state index in [-0.39, 0.29) is 18.1 Å². The number of allylic oxidation sites excluding steroid dienone is 11. The summed E-state index contributed by atoms with van der Waals surface area (Å²) in [7, 11) is -3.94. The Labute approximate surface area is 204 Å². The molecule has 34 heavy (non-hydrogen) atoms. The van der Waals surface area contributed by atoms with E-state index in [0.717, 1.165) is 35.4 Å². The molecule has 184 valence electrons. The maximum atomic E-state index is 13.0. The van der Waals surface area contributed by atoms with Crippen LogP contribution < -0.4 is 4.72 Å². The van der Waals surface area contributed by atoms with Crippen molar-refractivity contribution < 1.29 is 18.3 Å². The Kier molecular flexibility index (Phi) is 10.3. The molecule has 0 radical (unpaired) electrons. The molecule has 0 bridgehead atoms. The summed E-state index contributed by atoms with van der Waals surface area (Å²) in [4.78, 5) is 2.00. The van der Waals surface area contributed by atoms with Crippen LogP contribution in [0.4, 0.5) is 0 Å². The molecule has 7 heteroatoms. The molecule has 2 rings (SSSR count). The van der Waals surface area contributed by atoms with Crippen LogP contribution in [0.25, 0.3) is 0 Å². The highest BCUT2D eigenvalue weighted by atomic mass is 32.2. The van der Waals surface area contributed by atoms with Crippen molar-refractivity contribution in [2.45, 2.75) is 44.9 Å². The van der Waals surface area contributed by atoms with Gasteiger partial charge in [-0.05, 0) is 62.1 Å². The fourth-order valence-electron chi connectivity index (χ4n) is 4.13. The van der Waals surface area contributed by atoms with Crippen LogP contribution in [0.15, 0.2) is 108 Å². The zero-order valence-corrected chi connectivity index (χ0v) is 20.9. The summed E-state index contributed by atoms with van der Waals surface area (Å²) in [5.41, 5.74) is 3.92. The molecule has 1 fully saturated rings. The average molecular weight is 485 g/mol. The van der Waals surface area contributed by atoms with Gasteiger partial charge in [-0.25, -0.2) is 13.1 Å². The molecule has 2 aliphatic heterocycles. The standard InChI is InChI=1S/C27H36N2O4S/c1-7-12-13-15-22(10-4)34(31,32)28-23-18-33-19-26(27(23)30)29-24(11-5)20(6)16-17-21(9-3)25(29)14-8-2/h7-15,23,26-28,30H,1,3-5,16-19H2,2,6H3/b13-12-,14-8-,22-15+. The summed E-state index contributed by atoms with van der Waals surface area (Å²) in [5, 5.41) is 11.4. The molecular formula is C27H36N2O4S. The average Bonchev–Trinajstić information content (AvgIpc) is 2.94. The van der Waals surface area contributed by atoms with Crippen molar-refractivity contribution in [2.75, 3.05) is 13.2 Å². The van der Waals surface area contributed by atoms with Crippen molar-refractivity contribution in [3.63, 3.8) is 0 Å². The number of rotatable bonds is 10. The largest absolute Gasteiger partial charge is 0.389 e. The van der Waals surface area contributed by atoms with Crippen LogP contribution in [0.2, 0.25) is 0 Å². The quantitative estimate of drug-likeness (QED) is 0.449. The van der Waals surface area contributed by atoms with Crippen LogP contribution in [-0.2, 0) is 14.8 Å². The van der Waals surface area contributed by atoms with Gasteiger partial charge in [-0.15, -0.1) is 0 Å². The number of nitrogens with zero attached hydrogens (tertiary/aromatic N) is 1. The lowest BCUT2D eigenvalue weighted by Crippen LogP contribution is -2.60. The van der Waals surface area contributed by atoms with Gasteiger partial charge in [0.2, 0.25) is 10.0 Å². The van der Waals surface area contributed by atoms with E-state index in [1.807, 2.05) is 37.0 Å². The third-order valence-electron chi connectivity index (χ3n) is 5.87. The van der Waals surface area contributed by atoms with Crippen LogP contribution in [0.3, 0.4) is 0 Å². The van der Waals surface area contributed by atoms with Gasteiger partial charge < -0.3 is 14.7 Å². The maximum Gasteiger partial charge on any atom is 0.240 e. The molecule has 1 saturated heterocycles. The molecular weight excluding hydrogens is 448 g/mol. The fraction of sp³-hybridized carbons (Fsp3) is 0.333. The normalized spacial score (nSPS) is 25.1. The van der Waals surface area contributed by atoms with Crippen LogP contribution in [0.5, 0.6) is 0 Å². The first-order valence-corrected chi connectivity index (χ1v) is 12.7. The summed E-state index contributed by atoms with van der Waals surface area (Å²) >= 11 is 0. The minimum absolute atomic E-state index is 0.0133. The van der Waals surface area contributed by atoms with E-state index >= 15 is 0 Å². The molecule has 0 spiro atoms. The van der Waals surface area contributed by atoms with Crippen molar-refractivity contribution in [3.05, 3.63) is 108 Å². The van der Waals surface area contributed by atoms with Gasteiger partial charge in [-0.3, -0.25) is 0 Å². The molecule has 2 heterocycles. The zero-order valence-electron chi connectivity index (χ0n) is 20.1. The first-order valence-electron chi connectivity index (χ1n) is 11.2.